The minimum absolute atomic E-state index is 0.0726. The van der Waals surface area contributed by atoms with Crippen LogP contribution in [0.3, 0.4) is 0 Å². The van der Waals surface area contributed by atoms with Gasteiger partial charge in [-0.25, -0.2) is 0 Å². The Balaban J connectivity index is 2.22. The van der Waals surface area contributed by atoms with Gasteiger partial charge in [0.15, 0.2) is 0 Å². The Morgan fingerprint density at radius 2 is 2.15 bits per heavy atom. The molecule has 0 radical (unpaired) electrons. The fourth-order valence-electron chi connectivity index (χ4n) is 1.46. The third-order valence-corrected chi connectivity index (χ3v) is 3.42. The number of hydrogen-bond acceptors (Lipinski definition) is 2. The average Bonchev–Trinajstić information content (AvgIpc) is 2.97. The van der Waals surface area contributed by atoms with Crippen molar-refractivity contribution in [2.45, 2.75) is 46.1 Å². The van der Waals surface area contributed by atoms with Crippen LogP contribution in [-0.4, -0.2) is 24.3 Å². The Morgan fingerprint density at radius 3 is 2.54 bits per heavy atom. The van der Waals surface area contributed by atoms with Crippen LogP contribution in [0.2, 0.25) is 0 Å². The second-order valence-electron chi connectivity index (χ2n) is 4.83. The lowest BCUT2D eigenvalue weighted by Gasteiger charge is -2.28. The van der Waals surface area contributed by atoms with Gasteiger partial charge in [-0.2, -0.15) is 0 Å². The Kier molecular flexibility index (Phi) is 3.74. The van der Waals surface area contributed by atoms with Crippen LogP contribution in [0.5, 0.6) is 0 Å². The first kappa shape index (κ1) is 11.0. The Morgan fingerprint density at radius 1 is 1.54 bits per heavy atom. The van der Waals surface area contributed by atoms with Gasteiger partial charge < -0.3 is 10.4 Å². The molecule has 0 aliphatic heterocycles. The van der Waals surface area contributed by atoms with Crippen LogP contribution < -0.4 is 5.32 Å². The molecule has 2 nitrogen and oxygen atoms in total. The molecule has 1 saturated carbocycles. The van der Waals surface area contributed by atoms with Crippen molar-refractivity contribution >= 4 is 0 Å². The molecule has 1 aliphatic rings. The number of nitrogens with one attached hydrogen (secondary N) is 1. The molecule has 0 amide bonds. The van der Waals surface area contributed by atoms with Crippen LogP contribution in [0, 0.1) is 11.3 Å². The first-order valence-corrected chi connectivity index (χ1v) is 5.45. The summed E-state index contributed by atoms with van der Waals surface area (Å²) in [4.78, 5) is 0. The molecule has 0 aromatic carbocycles. The highest BCUT2D eigenvalue weighted by Crippen LogP contribution is 2.32. The van der Waals surface area contributed by atoms with Gasteiger partial charge in [0, 0.05) is 24.6 Å². The molecule has 2 N–H and O–H groups in total. The zero-order valence-electron chi connectivity index (χ0n) is 9.14. The molecule has 2 unspecified atom stereocenters. The highest BCUT2D eigenvalue weighted by Gasteiger charge is 2.29. The number of aliphatic hydroxyl groups excluding tert-OH is 1. The van der Waals surface area contributed by atoms with Gasteiger partial charge >= 0.3 is 0 Å². The lowest BCUT2D eigenvalue weighted by molar-refractivity contribution is 0.131. The van der Waals surface area contributed by atoms with Crippen molar-refractivity contribution in [3.05, 3.63) is 0 Å². The van der Waals surface area contributed by atoms with Crippen LogP contribution in [0.25, 0.3) is 0 Å². The molecule has 0 spiro atoms. The normalized spacial score (nSPS) is 24.0. The Bertz CT molecular complexity index is 150. The first-order chi connectivity index (χ1) is 6.11. The van der Waals surface area contributed by atoms with Crippen molar-refractivity contribution in [3.8, 4) is 0 Å². The maximum Gasteiger partial charge on any atom is 0.0496 e. The van der Waals surface area contributed by atoms with Crippen molar-refractivity contribution in [2.24, 2.45) is 11.3 Å². The molecule has 1 aliphatic carbocycles. The molecule has 0 aromatic rings. The largest absolute Gasteiger partial charge is 0.396 e. The summed E-state index contributed by atoms with van der Waals surface area (Å²) >= 11 is 0. The molecular weight excluding hydrogens is 162 g/mol. The standard InChI is InChI=1S/C11H23NO/c1-4-11(3,8-13)7-12-9(2)10-5-6-10/h9-10,12-13H,4-8H2,1-3H3. The molecule has 2 heteroatoms. The zero-order valence-corrected chi connectivity index (χ0v) is 9.14. The van der Waals surface area contributed by atoms with Gasteiger partial charge in [0.1, 0.15) is 0 Å². The summed E-state index contributed by atoms with van der Waals surface area (Å²) in [5, 5.41) is 12.7. The number of hydrogen-bond donors (Lipinski definition) is 2. The van der Waals surface area contributed by atoms with Crippen LogP contribution in [0.4, 0.5) is 0 Å². The van der Waals surface area contributed by atoms with Gasteiger partial charge in [0.25, 0.3) is 0 Å². The van der Waals surface area contributed by atoms with Crippen molar-refractivity contribution in [1.82, 2.24) is 5.32 Å². The fraction of sp³-hybridized carbons (Fsp3) is 1.00. The zero-order chi connectivity index (χ0) is 9.90. The minimum atomic E-state index is 0.0726. The van der Waals surface area contributed by atoms with E-state index in [-0.39, 0.29) is 12.0 Å². The summed E-state index contributed by atoms with van der Waals surface area (Å²) in [7, 11) is 0. The van der Waals surface area contributed by atoms with Gasteiger partial charge in [-0.15, -0.1) is 0 Å². The lowest BCUT2D eigenvalue weighted by atomic mass is 9.88. The number of aliphatic hydroxyl groups is 1. The molecule has 0 bridgehead atoms. The van der Waals surface area contributed by atoms with Crippen LogP contribution in [0.15, 0.2) is 0 Å². The minimum Gasteiger partial charge on any atom is -0.396 e. The van der Waals surface area contributed by atoms with Crippen LogP contribution in [0.1, 0.15) is 40.0 Å². The molecule has 13 heavy (non-hydrogen) atoms. The Labute approximate surface area is 81.7 Å². The van der Waals surface area contributed by atoms with E-state index in [4.69, 9.17) is 0 Å². The van der Waals surface area contributed by atoms with Gasteiger partial charge in [-0.1, -0.05) is 13.8 Å². The maximum atomic E-state index is 9.21. The molecule has 1 fully saturated rings. The third-order valence-electron chi connectivity index (χ3n) is 3.42. The summed E-state index contributed by atoms with van der Waals surface area (Å²) in [6, 6.07) is 0.637. The topological polar surface area (TPSA) is 32.3 Å². The molecule has 0 aromatic heterocycles. The van der Waals surface area contributed by atoms with Gasteiger partial charge in [-0.05, 0) is 32.1 Å². The van der Waals surface area contributed by atoms with Crippen molar-refractivity contribution < 1.29 is 5.11 Å². The predicted octanol–water partition coefficient (Wildman–Crippen LogP) is 1.78. The first-order valence-electron chi connectivity index (χ1n) is 5.45. The monoisotopic (exact) mass is 185 g/mol. The van der Waals surface area contributed by atoms with Crippen molar-refractivity contribution in [1.29, 1.82) is 0 Å². The maximum absolute atomic E-state index is 9.21. The second kappa shape index (κ2) is 4.43. The van der Waals surface area contributed by atoms with Crippen molar-refractivity contribution in [2.75, 3.05) is 13.2 Å². The molecule has 1 rings (SSSR count). The molecule has 0 saturated heterocycles. The predicted molar refractivity (Wildman–Crippen MR) is 55.7 cm³/mol. The van der Waals surface area contributed by atoms with E-state index in [0.29, 0.717) is 6.04 Å². The lowest BCUT2D eigenvalue weighted by Crippen LogP contribution is -2.39. The van der Waals surface area contributed by atoms with E-state index in [1.807, 2.05) is 0 Å². The smallest absolute Gasteiger partial charge is 0.0496 e. The molecule has 0 heterocycles. The molecular formula is C11H23NO. The summed E-state index contributed by atoms with van der Waals surface area (Å²) in [6.07, 6.45) is 3.81. The Hall–Kier alpha value is -0.0800. The third kappa shape index (κ3) is 3.28. The van der Waals surface area contributed by atoms with Crippen LogP contribution in [-0.2, 0) is 0 Å². The quantitative estimate of drug-likeness (QED) is 0.661. The average molecular weight is 185 g/mol. The van der Waals surface area contributed by atoms with Gasteiger partial charge in [0.05, 0.1) is 0 Å². The van der Waals surface area contributed by atoms with Gasteiger partial charge in [0.2, 0.25) is 0 Å². The fourth-order valence-corrected chi connectivity index (χ4v) is 1.46. The van der Waals surface area contributed by atoms with E-state index < -0.39 is 0 Å². The van der Waals surface area contributed by atoms with E-state index in [1.165, 1.54) is 12.8 Å². The summed E-state index contributed by atoms with van der Waals surface area (Å²) in [6.45, 7) is 7.76. The molecule has 78 valence electrons. The SMILES string of the molecule is CCC(C)(CO)CNC(C)C1CC1. The highest BCUT2D eigenvalue weighted by atomic mass is 16.3. The van der Waals surface area contributed by atoms with Crippen molar-refractivity contribution in [3.63, 3.8) is 0 Å². The highest BCUT2D eigenvalue weighted by molar-refractivity contribution is 4.85. The van der Waals surface area contributed by atoms with E-state index >= 15 is 0 Å². The van der Waals surface area contributed by atoms with Crippen LogP contribution >= 0.6 is 0 Å². The van der Waals surface area contributed by atoms with E-state index in [1.54, 1.807) is 0 Å². The van der Waals surface area contributed by atoms with Gasteiger partial charge in [-0.3, -0.25) is 0 Å². The van der Waals surface area contributed by atoms with E-state index in [2.05, 4.69) is 26.1 Å². The summed E-state index contributed by atoms with van der Waals surface area (Å²) < 4.78 is 0. The van der Waals surface area contributed by atoms with E-state index in [0.717, 1.165) is 18.9 Å². The summed E-state index contributed by atoms with van der Waals surface area (Å²) in [5.41, 5.74) is 0.0726. The number of rotatable bonds is 6. The summed E-state index contributed by atoms with van der Waals surface area (Å²) in [5.74, 6) is 0.903. The van der Waals surface area contributed by atoms with E-state index in [9.17, 15) is 5.11 Å². The second-order valence-corrected chi connectivity index (χ2v) is 4.83. The molecule has 2 atom stereocenters.